The molecule has 0 saturated carbocycles. The average Bonchev–Trinajstić information content (AvgIpc) is 2.68. The number of aromatic nitrogens is 2. The van der Waals surface area contributed by atoms with Crippen molar-refractivity contribution in [2.45, 2.75) is 19.3 Å². The molecule has 3 aromatic rings. The molecule has 126 valence electrons. The summed E-state index contributed by atoms with van der Waals surface area (Å²) in [4.78, 5) is 23.2. The summed E-state index contributed by atoms with van der Waals surface area (Å²) >= 11 is 0. The highest BCUT2D eigenvalue weighted by molar-refractivity contribution is 5.93. The Morgan fingerprint density at radius 1 is 1.16 bits per heavy atom. The highest BCUT2D eigenvalue weighted by Crippen LogP contribution is 2.23. The third-order valence-corrected chi connectivity index (χ3v) is 4.89. The van der Waals surface area contributed by atoms with E-state index in [2.05, 4.69) is 22.1 Å². The Kier molecular flexibility index (Phi) is 4.42. The lowest BCUT2D eigenvalue weighted by atomic mass is 9.91. The molecule has 2 aromatic heterocycles. The van der Waals surface area contributed by atoms with Gasteiger partial charge in [-0.15, -0.1) is 0 Å². The van der Waals surface area contributed by atoms with Crippen molar-refractivity contribution in [2.24, 2.45) is 5.92 Å². The summed E-state index contributed by atoms with van der Waals surface area (Å²) in [5.41, 5.74) is 2.96. The second kappa shape index (κ2) is 7.01. The number of likely N-dealkylation sites (tertiary alicyclic amines) is 1. The van der Waals surface area contributed by atoms with Crippen LogP contribution < -0.4 is 0 Å². The molecule has 1 aliphatic rings. The molecule has 1 aliphatic heterocycles. The first-order valence-electron chi connectivity index (χ1n) is 8.82. The number of hydrogen-bond acceptors (Lipinski definition) is 3. The number of amides is 1. The Hall–Kier alpha value is -2.75. The fraction of sp³-hybridized carbons (Fsp3) is 0.286. The molecular weight excluding hydrogens is 310 g/mol. The molecule has 4 heteroatoms. The third-order valence-electron chi connectivity index (χ3n) is 4.89. The molecule has 3 heterocycles. The van der Waals surface area contributed by atoms with Gasteiger partial charge in [-0.05, 0) is 55.0 Å². The number of nitrogens with zero attached hydrogens (tertiary/aromatic N) is 3. The van der Waals surface area contributed by atoms with Crippen molar-refractivity contribution < 1.29 is 4.79 Å². The first kappa shape index (κ1) is 15.8. The maximum absolute atomic E-state index is 12.6. The maximum atomic E-state index is 12.6. The van der Waals surface area contributed by atoms with Crippen LogP contribution in [0.15, 0.2) is 61.1 Å². The zero-order valence-corrected chi connectivity index (χ0v) is 14.1. The first-order valence-corrected chi connectivity index (χ1v) is 8.82. The zero-order valence-electron chi connectivity index (χ0n) is 14.1. The van der Waals surface area contributed by atoms with Gasteiger partial charge in [-0.2, -0.15) is 0 Å². The first-order chi connectivity index (χ1) is 12.3. The highest BCUT2D eigenvalue weighted by atomic mass is 16.2. The van der Waals surface area contributed by atoms with Gasteiger partial charge < -0.3 is 4.90 Å². The number of rotatable bonds is 3. The molecule has 1 atom stereocenters. The largest absolute Gasteiger partial charge is 0.338 e. The summed E-state index contributed by atoms with van der Waals surface area (Å²) < 4.78 is 0. The molecule has 0 bridgehead atoms. The van der Waals surface area contributed by atoms with Crippen LogP contribution in [-0.2, 0) is 6.42 Å². The number of hydrogen-bond donors (Lipinski definition) is 0. The summed E-state index contributed by atoms with van der Waals surface area (Å²) in [6, 6.07) is 14.1. The fourth-order valence-corrected chi connectivity index (χ4v) is 3.65. The number of piperidine rings is 1. The van der Waals surface area contributed by atoms with Crippen LogP contribution in [0.1, 0.15) is 28.8 Å². The normalized spacial score (nSPS) is 17.6. The molecule has 25 heavy (non-hydrogen) atoms. The lowest BCUT2D eigenvalue weighted by molar-refractivity contribution is 0.0673. The number of para-hydroxylation sites is 1. The molecule has 1 saturated heterocycles. The third kappa shape index (κ3) is 3.53. The number of carbonyl (C=O) groups excluding carboxylic acids is 1. The second-order valence-electron chi connectivity index (χ2n) is 6.74. The van der Waals surface area contributed by atoms with E-state index in [0.717, 1.165) is 37.9 Å². The Morgan fingerprint density at radius 3 is 2.96 bits per heavy atom. The van der Waals surface area contributed by atoms with Crippen molar-refractivity contribution in [3.05, 3.63) is 72.2 Å². The van der Waals surface area contributed by atoms with E-state index < -0.39 is 0 Å². The molecule has 1 fully saturated rings. The van der Waals surface area contributed by atoms with Crippen molar-refractivity contribution in [2.75, 3.05) is 13.1 Å². The quantitative estimate of drug-likeness (QED) is 0.735. The predicted octanol–water partition coefficient (Wildman–Crippen LogP) is 3.72. The second-order valence-corrected chi connectivity index (χ2v) is 6.74. The van der Waals surface area contributed by atoms with Crippen molar-refractivity contribution >= 4 is 16.8 Å². The number of carbonyl (C=O) groups is 1. The van der Waals surface area contributed by atoms with Crippen LogP contribution in [0.4, 0.5) is 0 Å². The van der Waals surface area contributed by atoms with Gasteiger partial charge in [-0.25, -0.2) is 0 Å². The summed E-state index contributed by atoms with van der Waals surface area (Å²) in [5, 5.41) is 1.18. The number of benzene rings is 1. The Labute approximate surface area is 147 Å². The molecule has 0 spiro atoms. The van der Waals surface area contributed by atoms with Gasteiger partial charge in [-0.1, -0.05) is 18.2 Å². The minimum Gasteiger partial charge on any atom is -0.338 e. The van der Waals surface area contributed by atoms with Crippen LogP contribution in [0.3, 0.4) is 0 Å². The van der Waals surface area contributed by atoms with Crippen LogP contribution in [-0.4, -0.2) is 33.9 Å². The van der Waals surface area contributed by atoms with Crippen molar-refractivity contribution in [3.63, 3.8) is 0 Å². The number of fused-ring (bicyclic) bond motifs is 1. The lowest BCUT2D eigenvalue weighted by Crippen LogP contribution is -2.40. The minimum atomic E-state index is 0.0921. The van der Waals surface area contributed by atoms with Crippen LogP contribution >= 0.6 is 0 Å². The molecule has 0 N–H and O–H groups in total. The fourth-order valence-electron chi connectivity index (χ4n) is 3.65. The van der Waals surface area contributed by atoms with Crippen molar-refractivity contribution in [1.82, 2.24) is 14.9 Å². The van der Waals surface area contributed by atoms with Crippen LogP contribution in [0, 0.1) is 5.92 Å². The van der Waals surface area contributed by atoms with Crippen molar-refractivity contribution in [1.29, 1.82) is 0 Å². The van der Waals surface area contributed by atoms with Gasteiger partial charge in [0.2, 0.25) is 0 Å². The Bertz CT molecular complexity index is 878. The van der Waals surface area contributed by atoms with Gasteiger partial charge in [0.05, 0.1) is 11.1 Å². The molecule has 0 aliphatic carbocycles. The minimum absolute atomic E-state index is 0.0921. The van der Waals surface area contributed by atoms with Gasteiger partial charge >= 0.3 is 0 Å². The molecular formula is C21H21N3O. The van der Waals surface area contributed by atoms with Gasteiger partial charge in [-0.3, -0.25) is 14.8 Å². The summed E-state index contributed by atoms with van der Waals surface area (Å²) in [6.07, 6.45) is 8.50. The zero-order chi connectivity index (χ0) is 17.1. The topological polar surface area (TPSA) is 46.1 Å². The van der Waals surface area contributed by atoms with Gasteiger partial charge in [0.25, 0.3) is 5.91 Å². The monoisotopic (exact) mass is 331 g/mol. The van der Waals surface area contributed by atoms with Gasteiger partial charge in [0.1, 0.15) is 0 Å². The van der Waals surface area contributed by atoms with E-state index in [1.807, 2.05) is 41.4 Å². The predicted molar refractivity (Wildman–Crippen MR) is 98.3 cm³/mol. The average molecular weight is 331 g/mol. The van der Waals surface area contributed by atoms with E-state index in [-0.39, 0.29) is 5.91 Å². The smallest absolute Gasteiger partial charge is 0.255 e. The highest BCUT2D eigenvalue weighted by Gasteiger charge is 2.24. The summed E-state index contributed by atoms with van der Waals surface area (Å²) in [7, 11) is 0. The van der Waals surface area contributed by atoms with Crippen molar-refractivity contribution in [3.8, 4) is 0 Å². The Balaban J connectivity index is 1.46. The Morgan fingerprint density at radius 2 is 2.08 bits per heavy atom. The molecule has 0 unspecified atom stereocenters. The molecule has 1 aromatic carbocycles. The van der Waals surface area contributed by atoms with E-state index in [1.165, 1.54) is 10.9 Å². The summed E-state index contributed by atoms with van der Waals surface area (Å²) in [5.74, 6) is 0.576. The standard InChI is InChI=1S/C21H21N3O/c25-21(19-7-3-9-22-14-19)24-10-4-5-16(15-24)11-17-12-18-6-1-2-8-20(18)23-13-17/h1-3,6-9,12-14,16H,4-5,10-11,15H2/t16-/m0/s1. The summed E-state index contributed by atoms with van der Waals surface area (Å²) in [6.45, 7) is 1.64. The molecule has 4 rings (SSSR count). The van der Waals surface area contributed by atoms with E-state index in [9.17, 15) is 4.79 Å². The number of pyridine rings is 2. The van der Waals surface area contributed by atoms with Crippen LogP contribution in [0.5, 0.6) is 0 Å². The molecule has 4 nitrogen and oxygen atoms in total. The lowest BCUT2D eigenvalue weighted by Gasteiger charge is -2.33. The molecule has 0 radical (unpaired) electrons. The van der Waals surface area contributed by atoms with Crippen LogP contribution in [0.25, 0.3) is 10.9 Å². The van der Waals surface area contributed by atoms with Gasteiger partial charge in [0.15, 0.2) is 0 Å². The SMILES string of the molecule is O=C(c1cccnc1)N1CCC[C@@H](Cc2cnc3ccccc3c2)C1. The molecule has 1 amide bonds. The van der Waals surface area contributed by atoms with Crippen LogP contribution in [0.2, 0.25) is 0 Å². The van der Waals surface area contributed by atoms with Gasteiger partial charge in [0, 0.05) is 37.1 Å². The van der Waals surface area contributed by atoms with E-state index in [0.29, 0.717) is 11.5 Å². The maximum Gasteiger partial charge on any atom is 0.255 e. The van der Waals surface area contributed by atoms with E-state index >= 15 is 0 Å². The van der Waals surface area contributed by atoms with E-state index in [1.54, 1.807) is 12.4 Å². The van der Waals surface area contributed by atoms with E-state index in [4.69, 9.17) is 0 Å².